The Kier molecular flexibility index (Phi) is 8.66. The van der Waals surface area contributed by atoms with Crippen molar-refractivity contribution in [2.75, 3.05) is 0 Å². The second kappa shape index (κ2) is 6.48. The van der Waals surface area contributed by atoms with E-state index in [1.807, 2.05) is 0 Å². The molecule has 0 aromatic heterocycles. The zero-order valence-electron chi connectivity index (χ0n) is 5.57. The van der Waals surface area contributed by atoms with Gasteiger partial charge in [0.25, 0.3) is 0 Å². The molecule has 0 aliphatic heterocycles. The predicted molar refractivity (Wildman–Crippen MR) is 45.1 cm³/mol. The van der Waals surface area contributed by atoms with Crippen LogP contribution >= 0.6 is 0 Å². The summed E-state index contributed by atoms with van der Waals surface area (Å²) in [7, 11) is 0. The molecule has 0 fully saturated rings. The Labute approximate surface area is 77.3 Å². The molecule has 1 nitrogen and oxygen atoms in total. The van der Waals surface area contributed by atoms with Crippen molar-refractivity contribution in [1.29, 1.82) is 0 Å². The van der Waals surface area contributed by atoms with Gasteiger partial charge >= 0.3 is 78.6 Å². The molecular formula is C3H15NSn3. The quantitative estimate of drug-likeness (QED) is 0.512. The summed E-state index contributed by atoms with van der Waals surface area (Å²) in [5, 5.41) is 0. The molecule has 0 atom stereocenters. The van der Waals surface area contributed by atoms with Gasteiger partial charge in [0.15, 0.2) is 0 Å². The van der Waals surface area contributed by atoms with Crippen LogP contribution < -0.4 is 0 Å². The van der Waals surface area contributed by atoms with E-state index < -0.39 is 0 Å². The molecule has 0 saturated carbocycles. The fourth-order valence-electron chi connectivity index (χ4n) is 0.671. The summed E-state index contributed by atoms with van der Waals surface area (Å²) in [6.45, 7) is 0. The van der Waals surface area contributed by atoms with E-state index in [1.54, 1.807) is 0 Å². The molecule has 0 bridgehead atoms. The van der Waals surface area contributed by atoms with Gasteiger partial charge in [-0.3, -0.25) is 0 Å². The van der Waals surface area contributed by atoms with Gasteiger partial charge in [-0.1, -0.05) is 0 Å². The standard InChI is InChI=1S/3CH3.N.3Sn.6H/h3*1H3;;;;;;;;;;. The number of nitrogens with zero attached hydrogens (tertiary/aromatic N) is 1. The Hall–Kier alpha value is 2.36. The van der Waals surface area contributed by atoms with Gasteiger partial charge in [-0.05, 0) is 0 Å². The van der Waals surface area contributed by atoms with Crippen LogP contribution in [0.4, 0.5) is 0 Å². The van der Waals surface area contributed by atoms with E-state index in [0.717, 1.165) is 0 Å². The third kappa shape index (κ3) is 4.83. The van der Waals surface area contributed by atoms with Gasteiger partial charge in [-0.25, -0.2) is 0 Å². The molecule has 0 unspecified atom stereocenters. The molecule has 0 heterocycles. The normalized spacial score (nSPS) is 15.4. The van der Waals surface area contributed by atoms with Crippen LogP contribution in [0.2, 0.25) is 14.8 Å². The van der Waals surface area contributed by atoms with Crippen LogP contribution in [-0.2, 0) is 0 Å². The molecule has 0 N–H and O–H groups in total. The van der Waals surface area contributed by atoms with Crippen molar-refractivity contribution in [3.05, 3.63) is 0 Å². The van der Waals surface area contributed by atoms with Crippen molar-refractivity contribution in [2.45, 2.75) is 14.8 Å². The van der Waals surface area contributed by atoms with Crippen molar-refractivity contribution in [3.8, 4) is 0 Å². The molecule has 4 heteroatoms. The minimum absolute atomic E-state index is 0.177. The van der Waals surface area contributed by atoms with Gasteiger partial charge in [-0.2, -0.15) is 0 Å². The van der Waals surface area contributed by atoms with Gasteiger partial charge in [-0.15, -0.1) is 0 Å². The first-order valence-electron chi connectivity index (χ1n) is 3.07. The van der Waals surface area contributed by atoms with Crippen molar-refractivity contribution < 1.29 is 0 Å². The average molecular weight is 421 g/mol. The van der Waals surface area contributed by atoms with Crippen LogP contribution in [0.15, 0.2) is 0 Å². The minimum atomic E-state index is -0.177. The first-order valence-corrected chi connectivity index (χ1v) is 20.6. The third-order valence-electron chi connectivity index (χ3n) is 1.34. The van der Waals surface area contributed by atoms with Gasteiger partial charge in [0.05, 0.1) is 0 Å². The van der Waals surface area contributed by atoms with Gasteiger partial charge in [0, 0.05) is 0 Å². The van der Waals surface area contributed by atoms with Crippen molar-refractivity contribution in [1.82, 2.24) is -0.435 Å². The van der Waals surface area contributed by atoms with Crippen molar-refractivity contribution in [2.24, 2.45) is 0 Å². The number of hydrogen-bond donors (Lipinski definition) is 0. The molecule has 0 rings (SSSR count). The molecule has 0 aromatic carbocycles. The second-order valence-electron chi connectivity index (χ2n) is 1.62. The SMILES string of the molecule is [CH3][SnH2][N]([SnH2][CH3])[SnH2][CH3]. The maximum atomic E-state index is 3.00. The van der Waals surface area contributed by atoms with E-state index in [9.17, 15) is 0 Å². The van der Waals surface area contributed by atoms with Crippen molar-refractivity contribution in [3.63, 3.8) is 0 Å². The summed E-state index contributed by atoms with van der Waals surface area (Å²) in [4.78, 5) is 7.51. The van der Waals surface area contributed by atoms with E-state index in [1.165, 1.54) is 0 Å². The summed E-state index contributed by atoms with van der Waals surface area (Å²) < 4.78 is 3.00. The Balaban J connectivity index is 2.99. The van der Waals surface area contributed by atoms with Crippen LogP contribution in [0, 0.1) is 0 Å². The monoisotopic (exact) mass is 425 g/mol. The molecule has 0 saturated heterocycles. The maximum absolute atomic E-state index is 3.00. The zero-order valence-corrected chi connectivity index (χ0v) is 17.7. The second-order valence-corrected chi connectivity index (χ2v) is 36.6. The van der Waals surface area contributed by atoms with Crippen LogP contribution in [0.5, 0.6) is 0 Å². The number of rotatable bonds is 3. The molecule has 7 heavy (non-hydrogen) atoms. The first-order chi connectivity index (χ1) is 3.35. The summed E-state index contributed by atoms with van der Waals surface area (Å²) >= 11 is -0.532. The van der Waals surface area contributed by atoms with E-state index in [-0.39, 0.29) is 64.2 Å². The van der Waals surface area contributed by atoms with Crippen molar-refractivity contribution >= 4 is 64.2 Å². The molecule has 0 radical (unpaired) electrons. The molecule has 0 amide bonds. The van der Waals surface area contributed by atoms with Crippen LogP contribution in [0.25, 0.3) is 0 Å². The van der Waals surface area contributed by atoms with Gasteiger partial charge < -0.3 is 0 Å². The fourth-order valence-corrected chi connectivity index (χ4v) is 30.2. The summed E-state index contributed by atoms with van der Waals surface area (Å²) in [6, 6.07) is 0. The number of hydrogen-bond acceptors (Lipinski definition) is 1. The summed E-state index contributed by atoms with van der Waals surface area (Å²) in [6.07, 6.45) is 0. The van der Waals surface area contributed by atoms with E-state index in [2.05, 4.69) is 14.4 Å². The van der Waals surface area contributed by atoms with Crippen LogP contribution in [0.1, 0.15) is 0 Å². The average Bonchev–Trinajstić information content (AvgIpc) is 1.72. The van der Waals surface area contributed by atoms with Gasteiger partial charge in [0.1, 0.15) is 0 Å². The Morgan fingerprint density at radius 3 is 1.14 bits per heavy atom. The van der Waals surface area contributed by atoms with E-state index in [0.29, 0.717) is 0 Å². The van der Waals surface area contributed by atoms with Crippen LogP contribution in [0.3, 0.4) is 0 Å². The summed E-state index contributed by atoms with van der Waals surface area (Å²) in [5.74, 6) is 0. The zero-order chi connectivity index (χ0) is 5.70. The fraction of sp³-hybridized carbons (Fsp3) is 1.00. The molecular weight excluding hydrogens is 406 g/mol. The molecule has 44 valence electrons. The van der Waals surface area contributed by atoms with Crippen LogP contribution in [-0.4, -0.2) is 63.8 Å². The Bertz CT molecular complexity index is 31.7. The molecule has 0 aromatic rings. The molecule has 0 spiro atoms. The Morgan fingerprint density at radius 1 is 0.857 bits per heavy atom. The van der Waals surface area contributed by atoms with E-state index >= 15 is 0 Å². The third-order valence-corrected chi connectivity index (χ3v) is 60.4. The van der Waals surface area contributed by atoms with Gasteiger partial charge in [0.2, 0.25) is 0 Å². The molecule has 0 aliphatic rings. The topological polar surface area (TPSA) is 3.24 Å². The Morgan fingerprint density at radius 2 is 1.14 bits per heavy atom. The molecule has 0 aliphatic carbocycles. The first kappa shape index (κ1) is 9.36. The predicted octanol–water partition coefficient (Wildman–Crippen LogP) is -1.32. The summed E-state index contributed by atoms with van der Waals surface area (Å²) in [5.41, 5.74) is 0. The van der Waals surface area contributed by atoms with E-state index in [4.69, 9.17) is 0 Å².